The van der Waals surface area contributed by atoms with E-state index in [0.29, 0.717) is 29.1 Å². The molecular weight excluding hydrogens is 538 g/mol. The molecular formula is C34H29N7O2. The van der Waals surface area contributed by atoms with Crippen molar-refractivity contribution >= 4 is 51.8 Å². The minimum Gasteiger partial charge on any atom is -0.355 e. The van der Waals surface area contributed by atoms with Crippen molar-refractivity contribution in [3.8, 4) is 0 Å². The second-order valence-corrected chi connectivity index (χ2v) is 10.0. The van der Waals surface area contributed by atoms with Gasteiger partial charge in [0.05, 0.1) is 22.6 Å². The fourth-order valence-electron chi connectivity index (χ4n) is 4.86. The molecule has 0 aliphatic carbocycles. The monoisotopic (exact) mass is 567 g/mol. The summed E-state index contributed by atoms with van der Waals surface area (Å²) in [4.78, 5) is 30.6. The lowest BCUT2D eigenvalue weighted by molar-refractivity contribution is 0.101. The van der Waals surface area contributed by atoms with Crippen LogP contribution < -0.4 is 10.6 Å². The van der Waals surface area contributed by atoms with Gasteiger partial charge in [-0.1, -0.05) is 30.3 Å². The highest BCUT2D eigenvalue weighted by Crippen LogP contribution is 2.25. The number of amides is 1. The molecule has 3 heterocycles. The van der Waals surface area contributed by atoms with Crippen LogP contribution in [0.15, 0.2) is 97.2 Å². The summed E-state index contributed by atoms with van der Waals surface area (Å²) >= 11 is 0. The largest absolute Gasteiger partial charge is 0.355 e. The first-order valence-corrected chi connectivity index (χ1v) is 13.9. The van der Waals surface area contributed by atoms with E-state index >= 15 is 0 Å². The van der Waals surface area contributed by atoms with Crippen molar-refractivity contribution in [1.82, 2.24) is 25.0 Å². The number of anilines is 3. The Morgan fingerprint density at radius 1 is 0.860 bits per heavy atom. The average Bonchev–Trinajstić information content (AvgIpc) is 3.63. The van der Waals surface area contributed by atoms with Gasteiger partial charge in [0.2, 0.25) is 0 Å². The molecule has 3 aromatic carbocycles. The summed E-state index contributed by atoms with van der Waals surface area (Å²) in [6.07, 6.45) is 5.55. The molecule has 3 N–H and O–H groups in total. The van der Waals surface area contributed by atoms with E-state index in [-0.39, 0.29) is 11.7 Å². The van der Waals surface area contributed by atoms with E-state index in [9.17, 15) is 9.59 Å². The molecule has 0 radical (unpaired) electrons. The van der Waals surface area contributed by atoms with Crippen LogP contribution in [0.1, 0.15) is 50.4 Å². The number of nitrogens with zero attached hydrogens (tertiary/aromatic N) is 4. The summed E-state index contributed by atoms with van der Waals surface area (Å²) < 4.78 is 1.68. The third-order valence-corrected chi connectivity index (χ3v) is 6.92. The number of fused-ring (bicyclic) bond motifs is 1. The summed E-state index contributed by atoms with van der Waals surface area (Å²) in [6.45, 7) is 4.41. The maximum atomic E-state index is 13.4. The fraction of sp³-hybridized carbons (Fsp3) is 0.0882. The van der Waals surface area contributed by atoms with Gasteiger partial charge >= 0.3 is 0 Å². The van der Waals surface area contributed by atoms with Crippen molar-refractivity contribution in [2.45, 2.75) is 20.4 Å². The number of hydrogen-bond acceptors (Lipinski definition) is 6. The second kappa shape index (κ2) is 12.0. The normalized spacial score (nSPS) is 11.2. The Balaban J connectivity index is 1.16. The molecule has 0 saturated carbocycles. The third kappa shape index (κ3) is 6.11. The molecule has 0 spiro atoms. The van der Waals surface area contributed by atoms with Gasteiger partial charge in [0.15, 0.2) is 5.78 Å². The predicted octanol–water partition coefficient (Wildman–Crippen LogP) is 6.88. The van der Waals surface area contributed by atoms with E-state index in [0.717, 1.165) is 39.4 Å². The first-order valence-electron chi connectivity index (χ1n) is 13.9. The average molecular weight is 568 g/mol. The van der Waals surface area contributed by atoms with E-state index in [1.54, 1.807) is 23.0 Å². The van der Waals surface area contributed by atoms with Crippen LogP contribution in [0.2, 0.25) is 0 Å². The molecule has 212 valence electrons. The van der Waals surface area contributed by atoms with Crippen LogP contribution >= 0.6 is 0 Å². The first kappa shape index (κ1) is 27.3. The molecule has 3 aromatic heterocycles. The van der Waals surface area contributed by atoms with E-state index in [1.165, 1.54) is 0 Å². The van der Waals surface area contributed by atoms with Crippen LogP contribution in [-0.4, -0.2) is 36.7 Å². The smallest absolute Gasteiger partial charge is 0.273 e. The van der Waals surface area contributed by atoms with Gasteiger partial charge in [-0.05, 0) is 86.7 Å². The zero-order chi connectivity index (χ0) is 29.8. The van der Waals surface area contributed by atoms with E-state index < -0.39 is 0 Å². The standard InChI is InChI=1S/C34H29N7O2/c1-3-41-32(18-22(2)40-41)34(43)37-28-12-7-11-27(21-28)36-26-10-6-8-23(19-26)33(42)24-13-15-29-30(38-39-31(29)20-24)16-14-25-9-4-5-17-35-25/h4-21,36H,3H2,1-2H3,(H,37,43)(H,38,39)/b16-14+. The summed E-state index contributed by atoms with van der Waals surface area (Å²) in [5, 5.41) is 19.0. The molecule has 0 aliphatic heterocycles. The van der Waals surface area contributed by atoms with Crippen LogP contribution in [0.3, 0.4) is 0 Å². The number of H-pyrrole nitrogens is 1. The minimum absolute atomic E-state index is 0.102. The number of pyridine rings is 1. The maximum absolute atomic E-state index is 13.4. The van der Waals surface area contributed by atoms with Gasteiger partial charge in [0.25, 0.3) is 5.91 Å². The molecule has 0 aliphatic rings. The predicted molar refractivity (Wildman–Crippen MR) is 169 cm³/mol. The Morgan fingerprint density at radius 3 is 2.47 bits per heavy atom. The van der Waals surface area contributed by atoms with E-state index in [1.807, 2.05) is 105 Å². The van der Waals surface area contributed by atoms with Crippen LogP contribution in [0.25, 0.3) is 23.1 Å². The van der Waals surface area contributed by atoms with Crippen molar-refractivity contribution in [3.63, 3.8) is 0 Å². The Morgan fingerprint density at radius 2 is 1.65 bits per heavy atom. The lowest BCUT2D eigenvalue weighted by Crippen LogP contribution is -2.17. The van der Waals surface area contributed by atoms with Crippen LogP contribution in [0, 0.1) is 6.92 Å². The highest BCUT2D eigenvalue weighted by molar-refractivity contribution is 6.11. The Labute approximate surface area is 248 Å². The highest BCUT2D eigenvalue weighted by Gasteiger charge is 2.15. The zero-order valence-corrected chi connectivity index (χ0v) is 23.7. The van der Waals surface area contributed by atoms with Gasteiger partial charge < -0.3 is 10.6 Å². The topological polar surface area (TPSA) is 118 Å². The molecule has 9 nitrogen and oxygen atoms in total. The van der Waals surface area contributed by atoms with Gasteiger partial charge in [-0.15, -0.1) is 0 Å². The van der Waals surface area contributed by atoms with Crippen molar-refractivity contribution in [3.05, 3.63) is 131 Å². The molecule has 0 saturated heterocycles. The quantitative estimate of drug-likeness (QED) is 0.164. The number of carbonyl (C=O) groups is 2. The van der Waals surface area contributed by atoms with Crippen LogP contribution in [0.5, 0.6) is 0 Å². The minimum atomic E-state index is -0.224. The van der Waals surface area contributed by atoms with Crippen molar-refractivity contribution in [2.75, 3.05) is 10.6 Å². The molecule has 0 fully saturated rings. The van der Waals surface area contributed by atoms with E-state index in [4.69, 9.17) is 0 Å². The first-order chi connectivity index (χ1) is 21.0. The number of nitrogens with one attached hydrogen (secondary N) is 3. The summed E-state index contributed by atoms with van der Waals surface area (Å²) in [5.41, 5.74) is 6.96. The molecule has 0 bridgehead atoms. The Hall–Kier alpha value is -5.83. The summed E-state index contributed by atoms with van der Waals surface area (Å²) in [7, 11) is 0. The van der Waals surface area contributed by atoms with Crippen LogP contribution in [-0.2, 0) is 6.54 Å². The summed E-state index contributed by atoms with van der Waals surface area (Å²) in [6, 6.07) is 27.8. The SMILES string of the molecule is CCn1nc(C)cc1C(=O)Nc1cccc(Nc2cccc(C(=O)c3ccc4c(/C=C/c5ccccn5)n[nH]c4c3)c2)c1. The Kier molecular flexibility index (Phi) is 7.60. The van der Waals surface area contributed by atoms with Gasteiger partial charge in [0.1, 0.15) is 5.69 Å². The number of aromatic nitrogens is 5. The summed E-state index contributed by atoms with van der Waals surface area (Å²) in [5.74, 6) is -0.327. The van der Waals surface area contributed by atoms with Crippen molar-refractivity contribution in [1.29, 1.82) is 0 Å². The molecule has 0 unspecified atom stereocenters. The number of hydrogen-bond donors (Lipinski definition) is 3. The van der Waals surface area contributed by atoms with Gasteiger partial charge in [-0.3, -0.25) is 24.4 Å². The highest BCUT2D eigenvalue weighted by atomic mass is 16.2. The van der Waals surface area contributed by atoms with Gasteiger partial charge in [0, 0.05) is 46.3 Å². The second-order valence-electron chi connectivity index (χ2n) is 10.0. The number of aryl methyl sites for hydroxylation is 2. The number of benzene rings is 3. The van der Waals surface area contributed by atoms with Crippen molar-refractivity contribution < 1.29 is 9.59 Å². The lowest BCUT2D eigenvalue weighted by Gasteiger charge is -2.11. The number of rotatable bonds is 9. The number of ketones is 1. The fourth-order valence-corrected chi connectivity index (χ4v) is 4.86. The maximum Gasteiger partial charge on any atom is 0.273 e. The molecule has 6 aromatic rings. The third-order valence-electron chi connectivity index (χ3n) is 6.92. The lowest BCUT2D eigenvalue weighted by atomic mass is 10.0. The molecule has 43 heavy (non-hydrogen) atoms. The molecule has 9 heteroatoms. The van der Waals surface area contributed by atoms with Crippen molar-refractivity contribution in [2.24, 2.45) is 0 Å². The molecule has 6 rings (SSSR count). The number of aromatic amines is 1. The van der Waals surface area contributed by atoms with Crippen LogP contribution in [0.4, 0.5) is 17.1 Å². The molecule has 1 amide bonds. The van der Waals surface area contributed by atoms with Gasteiger partial charge in [-0.25, -0.2) is 0 Å². The van der Waals surface area contributed by atoms with E-state index in [2.05, 4.69) is 30.9 Å². The number of carbonyl (C=O) groups excluding carboxylic acids is 2. The van der Waals surface area contributed by atoms with Gasteiger partial charge in [-0.2, -0.15) is 10.2 Å². The molecule has 0 atom stereocenters. The zero-order valence-electron chi connectivity index (χ0n) is 23.7. The Bertz CT molecular complexity index is 1970.